The van der Waals surface area contributed by atoms with Crippen LogP contribution in [0.5, 0.6) is 0 Å². The molecule has 0 radical (unpaired) electrons. The van der Waals surface area contributed by atoms with Gasteiger partial charge in [0.25, 0.3) is 0 Å². The zero-order valence-corrected chi connectivity index (χ0v) is 10.9. The van der Waals surface area contributed by atoms with Crippen molar-refractivity contribution in [2.24, 2.45) is 0 Å². The van der Waals surface area contributed by atoms with Gasteiger partial charge in [0.05, 0.1) is 5.75 Å². The van der Waals surface area contributed by atoms with E-state index in [0.717, 1.165) is 23.0 Å². The maximum absolute atomic E-state index is 10.7. The summed E-state index contributed by atoms with van der Waals surface area (Å²) >= 11 is 2.87. The van der Waals surface area contributed by atoms with Crippen molar-refractivity contribution in [1.29, 1.82) is 0 Å². The Kier molecular flexibility index (Phi) is 3.86. The molecule has 17 heavy (non-hydrogen) atoms. The molecule has 0 aromatic carbocycles. The van der Waals surface area contributed by atoms with E-state index in [2.05, 4.69) is 16.5 Å². The van der Waals surface area contributed by atoms with Gasteiger partial charge < -0.3 is 9.67 Å². The SMILES string of the molecule is CCn1ccnc1CSc1csc(C(=O)O)c1. The molecule has 2 aromatic rings. The summed E-state index contributed by atoms with van der Waals surface area (Å²) in [7, 11) is 0. The lowest BCUT2D eigenvalue weighted by Crippen LogP contribution is -1.98. The molecule has 2 aromatic heterocycles. The topological polar surface area (TPSA) is 55.1 Å². The van der Waals surface area contributed by atoms with Gasteiger partial charge in [-0.1, -0.05) is 0 Å². The molecule has 0 atom stereocenters. The van der Waals surface area contributed by atoms with Crippen molar-refractivity contribution in [3.05, 3.63) is 34.5 Å². The highest BCUT2D eigenvalue weighted by molar-refractivity contribution is 7.98. The Balaban J connectivity index is 2.00. The quantitative estimate of drug-likeness (QED) is 0.847. The maximum Gasteiger partial charge on any atom is 0.345 e. The predicted molar refractivity (Wildman–Crippen MR) is 68.7 cm³/mol. The van der Waals surface area contributed by atoms with Crippen molar-refractivity contribution in [2.45, 2.75) is 24.1 Å². The maximum atomic E-state index is 10.7. The molecular weight excluding hydrogens is 256 g/mol. The number of carbonyl (C=O) groups is 1. The molecule has 0 aliphatic rings. The molecule has 0 saturated carbocycles. The number of aromatic carboxylic acids is 1. The fourth-order valence-corrected chi connectivity index (χ4v) is 3.26. The van der Waals surface area contributed by atoms with E-state index in [1.165, 1.54) is 11.3 Å². The van der Waals surface area contributed by atoms with E-state index < -0.39 is 5.97 Å². The summed E-state index contributed by atoms with van der Waals surface area (Å²) in [5.74, 6) is 0.911. The average Bonchev–Trinajstić information content (AvgIpc) is 2.95. The first-order chi connectivity index (χ1) is 8.20. The molecule has 0 unspecified atom stereocenters. The van der Waals surface area contributed by atoms with Crippen LogP contribution in [0.4, 0.5) is 0 Å². The number of nitrogens with zero attached hydrogens (tertiary/aromatic N) is 2. The molecule has 90 valence electrons. The Morgan fingerprint density at radius 2 is 2.47 bits per heavy atom. The normalized spacial score (nSPS) is 10.6. The number of carboxylic acids is 1. The molecule has 0 fully saturated rings. The lowest BCUT2D eigenvalue weighted by molar-refractivity contribution is 0.0702. The highest BCUT2D eigenvalue weighted by atomic mass is 32.2. The Morgan fingerprint density at radius 3 is 3.12 bits per heavy atom. The zero-order chi connectivity index (χ0) is 12.3. The molecule has 0 amide bonds. The van der Waals surface area contributed by atoms with E-state index in [-0.39, 0.29) is 0 Å². The van der Waals surface area contributed by atoms with Gasteiger partial charge in [0, 0.05) is 29.2 Å². The molecule has 1 N–H and O–H groups in total. The number of aryl methyl sites for hydroxylation is 1. The summed E-state index contributed by atoms with van der Waals surface area (Å²) < 4.78 is 2.08. The van der Waals surface area contributed by atoms with E-state index in [1.807, 2.05) is 11.6 Å². The standard InChI is InChI=1S/C11H12N2O2S2/c1-2-13-4-3-12-10(13)7-16-8-5-9(11(14)15)17-6-8/h3-6H,2,7H2,1H3,(H,14,15). The van der Waals surface area contributed by atoms with Gasteiger partial charge in [-0.2, -0.15) is 0 Å². The van der Waals surface area contributed by atoms with Gasteiger partial charge >= 0.3 is 5.97 Å². The second-order valence-corrected chi connectivity index (χ2v) is 5.33. The largest absolute Gasteiger partial charge is 0.477 e. The highest BCUT2D eigenvalue weighted by Gasteiger charge is 2.08. The molecule has 0 aliphatic heterocycles. The Morgan fingerprint density at radius 1 is 1.65 bits per heavy atom. The van der Waals surface area contributed by atoms with Crippen LogP contribution in [0.15, 0.2) is 28.7 Å². The van der Waals surface area contributed by atoms with Crippen molar-refractivity contribution in [3.63, 3.8) is 0 Å². The van der Waals surface area contributed by atoms with Crippen LogP contribution >= 0.6 is 23.1 Å². The van der Waals surface area contributed by atoms with Crippen LogP contribution in [0.25, 0.3) is 0 Å². The second-order valence-electron chi connectivity index (χ2n) is 3.37. The number of thiophene rings is 1. The Labute approximate surface area is 107 Å². The fraction of sp³-hybridized carbons (Fsp3) is 0.273. The molecule has 6 heteroatoms. The summed E-state index contributed by atoms with van der Waals surface area (Å²) in [5.41, 5.74) is 0. The lowest BCUT2D eigenvalue weighted by Gasteiger charge is -2.02. The Hall–Kier alpha value is -1.27. The van der Waals surface area contributed by atoms with Gasteiger partial charge in [0.1, 0.15) is 10.7 Å². The molecule has 4 nitrogen and oxygen atoms in total. The summed E-state index contributed by atoms with van der Waals surface area (Å²) in [4.78, 5) is 16.4. The van der Waals surface area contributed by atoms with Gasteiger partial charge in [-0.25, -0.2) is 9.78 Å². The summed E-state index contributed by atoms with van der Waals surface area (Å²) in [6, 6.07) is 1.71. The fourth-order valence-electron chi connectivity index (χ4n) is 1.42. The molecule has 2 heterocycles. The van der Waals surface area contributed by atoms with Crippen LogP contribution in [0.2, 0.25) is 0 Å². The molecule has 0 aliphatic carbocycles. The molecule has 0 bridgehead atoms. The first-order valence-electron chi connectivity index (χ1n) is 5.15. The van der Waals surface area contributed by atoms with Gasteiger partial charge in [-0.05, 0) is 13.0 Å². The zero-order valence-electron chi connectivity index (χ0n) is 9.29. The summed E-state index contributed by atoms with van der Waals surface area (Å²) in [6.45, 7) is 2.98. The van der Waals surface area contributed by atoms with Gasteiger partial charge in [-0.15, -0.1) is 23.1 Å². The van der Waals surface area contributed by atoms with Gasteiger partial charge in [-0.3, -0.25) is 0 Å². The van der Waals surface area contributed by atoms with E-state index in [1.54, 1.807) is 24.0 Å². The van der Waals surface area contributed by atoms with Gasteiger partial charge in [0.2, 0.25) is 0 Å². The first-order valence-corrected chi connectivity index (χ1v) is 7.02. The van der Waals surface area contributed by atoms with Crippen LogP contribution in [-0.2, 0) is 12.3 Å². The average molecular weight is 268 g/mol. The van der Waals surface area contributed by atoms with E-state index in [4.69, 9.17) is 5.11 Å². The number of hydrogen-bond acceptors (Lipinski definition) is 4. The van der Waals surface area contributed by atoms with E-state index in [9.17, 15) is 4.79 Å². The van der Waals surface area contributed by atoms with Crippen molar-refractivity contribution in [1.82, 2.24) is 9.55 Å². The number of aromatic nitrogens is 2. The highest BCUT2D eigenvalue weighted by Crippen LogP contribution is 2.27. The smallest absolute Gasteiger partial charge is 0.345 e. The predicted octanol–water partition coefficient (Wildman–Crippen LogP) is 2.96. The van der Waals surface area contributed by atoms with Gasteiger partial charge in [0.15, 0.2) is 0 Å². The minimum atomic E-state index is -0.864. The summed E-state index contributed by atoms with van der Waals surface area (Å²) in [5, 5.41) is 10.7. The van der Waals surface area contributed by atoms with Crippen LogP contribution in [0.1, 0.15) is 22.4 Å². The minimum absolute atomic E-state index is 0.381. The number of rotatable bonds is 5. The van der Waals surface area contributed by atoms with E-state index >= 15 is 0 Å². The monoisotopic (exact) mass is 268 g/mol. The van der Waals surface area contributed by atoms with Crippen molar-refractivity contribution < 1.29 is 9.90 Å². The second kappa shape index (κ2) is 5.37. The summed E-state index contributed by atoms with van der Waals surface area (Å²) in [6.07, 6.45) is 3.74. The third-order valence-electron chi connectivity index (χ3n) is 2.30. The van der Waals surface area contributed by atoms with Crippen molar-refractivity contribution in [3.8, 4) is 0 Å². The molecule has 0 saturated heterocycles. The Bertz CT molecular complexity index is 519. The third kappa shape index (κ3) is 2.89. The van der Waals surface area contributed by atoms with Crippen molar-refractivity contribution >= 4 is 29.1 Å². The van der Waals surface area contributed by atoms with Crippen LogP contribution in [0.3, 0.4) is 0 Å². The number of hydrogen-bond donors (Lipinski definition) is 1. The third-order valence-corrected chi connectivity index (χ3v) is 4.34. The lowest BCUT2D eigenvalue weighted by atomic mass is 10.5. The van der Waals surface area contributed by atoms with Crippen molar-refractivity contribution in [2.75, 3.05) is 0 Å². The molecule has 0 spiro atoms. The van der Waals surface area contributed by atoms with Crippen LogP contribution in [-0.4, -0.2) is 20.6 Å². The number of thioether (sulfide) groups is 1. The van der Waals surface area contributed by atoms with Crippen LogP contribution in [0, 0.1) is 0 Å². The van der Waals surface area contributed by atoms with E-state index in [0.29, 0.717) is 4.88 Å². The molecular formula is C11H12N2O2S2. The minimum Gasteiger partial charge on any atom is -0.477 e. The number of imidazole rings is 1. The first kappa shape index (κ1) is 12.2. The van der Waals surface area contributed by atoms with Crippen LogP contribution < -0.4 is 0 Å². The molecule has 2 rings (SSSR count). The number of carboxylic acid groups (broad SMARTS) is 1.